The highest BCUT2D eigenvalue weighted by Crippen LogP contribution is 2.33. The summed E-state index contributed by atoms with van der Waals surface area (Å²) in [5.41, 5.74) is 0.737. The smallest absolute Gasteiger partial charge is 0.267 e. The van der Waals surface area contributed by atoms with Crippen LogP contribution in [0, 0.1) is 0 Å². The number of fused-ring (bicyclic) bond motifs is 1. The molecular weight excluding hydrogens is 330 g/mol. The summed E-state index contributed by atoms with van der Waals surface area (Å²) in [6.45, 7) is 3.78. The third-order valence-electron chi connectivity index (χ3n) is 4.34. The van der Waals surface area contributed by atoms with Gasteiger partial charge in [0.15, 0.2) is 6.10 Å². The predicted molar refractivity (Wildman–Crippen MR) is 94.8 cm³/mol. The molecule has 0 aromatic heterocycles. The fraction of sp³-hybridized carbons (Fsp3) is 0.529. The number of nitrogens with one attached hydrogen (secondary N) is 2. The van der Waals surface area contributed by atoms with E-state index in [0.717, 1.165) is 25.1 Å². The number of hydrogen-bond acceptors (Lipinski definition) is 4. The van der Waals surface area contributed by atoms with Gasteiger partial charge in [-0.15, -0.1) is 12.4 Å². The van der Waals surface area contributed by atoms with Gasteiger partial charge in [-0.25, -0.2) is 0 Å². The van der Waals surface area contributed by atoms with E-state index in [1.54, 1.807) is 11.8 Å². The number of hydrogen-bond donors (Lipinski definition) is 2. The first-order valence-electron chi connectivity index (χ1n) is 8.22. The number of nitrogens with zero attached hydrogens (tertiary/aromatic N) is 1. The monoisotopic (exact) mass is 353 g/mol. The van der Waals surface area contributed by atoms with Crippen molar-refractivity contribution in [2.45, 2.75) is 38.3 Å². The van der Waals surface area contributed by atoms with E-state index in [4.69, 9.17) is 4.74 Å². The minimum atomic E-state index is -0.518. The van der Waals surface area contributed by atoms with Gasteiger partial charge in [0.1, 0.15) is 5.75 Å². The fourth-order valence-corrected chi connectivity index (χ4v) is 3.06. The number of anilines is 1. The van der Waals surface area contributed by atoms with Gasteiger partial charge in [-0.3, -0.25) is 9.59 Å². The van der Waals surface area contributed by atoms with Crippen LogP contribution in [0.2, 0.25) is 0 Å². The van der Waals surface area contributed by atoms with Crippen molar-refractivity contribution < 1.29 is 14.3 Å². The van der Waals surface area contributed by atoms with E-state index in [0.29, 0.717) is 31.3 Å². The molecule has 2 aliphatic heterocycles. The van der Waals surface area contributed by atoms with Crippen LogP contribution in [-0.4, -0.2) is 43.6 Å². The molecule has 2 aliphatic rings. The van der Waals surface area contributed by atoms with Gasteiger partial charge >= 0.3 is 0 Å². The van der Waals surface area contributed by atoms with Gasteiger partial charge in [0.25, 0.3) is 5.91 Å². The molecule has 3 rings (SSSR count). The van der Waals surface area contributed by atoms with Crippen molar-refractivity contribution in [2.24, 2.45) is 0 Å². The van der Waals surface area contributed by atoms with Crippen LogP contribution in [0.1, 0.15) is 26.2 Å². The van der Waals surface area contributed by atoms with E-state index in [1.807, 2.05) is 24.3 Å². The number of ether oxygens (including phenoxy) is 1. The van der Waals surface area contributed by atoms with Crippen molar-refractivity contribution in [3.8, 4) is 5.75 Å². The number of amides is 2. The lowest BCUT2D eigenvalue weighted by Gasteiger charge is -2.32. The Hall–Kier alpha value is -1.79. The van der Waals surface area contributed by atoms with Gasteiger partial charge < -0.3 is 20.3 Å². The Kier molecular flexibility index (Phi) is 6.45. The normalized spacial score (nSPS) is 22.4. The Morgan fingerprint density at radius 3 is 2.96 bits per heavy atom. The molecule has 24 heavy (non-hydrogen) atoms. The van der Waals surface area contributed by atoms with E-state index in [2.05, 4.69) is 10.6 Å². The molecule has 2 amide bonds. The molecule has 0 spiro atoms. The second-order valence-corrected chi connectivity index (χ2v) is 6.07. The zero-order valence-electron chi connectivity index (χ0n) is 13.8. The van der Waals surface area contributed by atoms with Gasteiger partial charge in [-0.2, -0.15) is 0 Å². The summed E-state index contributed by atoms with van der Waals surface area (Å²) in [4.78, 5) is 26.0. The molecule has 2 atom stereocenters. The van der Waals surface area contributed by atoms with Crippen molar-refractivity contribution >= 4 is 29.9 Å². The SMILES string of the molecule is CC1Oc2ccccc2N(CCC(=O)NCC2CCCN2)C1=O.Cl. The maximum absolute atomic E-state index is 12.3. The number of halogens is 1. The molecule has 1 fully saturated rings. The predicted octanol–water partition coefficient (Wildman–Crippen LogP) is 1.48. The highest BCUT2D eigenvalue weighted by molar-refractivity contribution is 6.00. The van der Waals surface area contributed by atoms with Crippen LogP contribution in [0.4, 0.5) is 5.69 Å². The lowest BCUT2D eigenvalue weighted by atomic mass is 10.1. The summed E-state index contributed by atoms with van der Waals surface area (Å²) in [6.07, 6.45) is 2.04. The van der Waals surface area contributed by atoms with Crippen LogP contribution in [0.25, 0.3) is 0 Å². The molecular formula is C17H24ClN3O3. The first-order chi connectivity index (χ1) is 11.1. The van der Waals surface area contributed by atoms with E-state index >= 15 is 0 Å². The molecule has 7 heteroatoms. The summed E-state index contributed by atoms with van der Waals surface area (Å²) in [7, 11) is 0. The number of carbonyl (C=O) groups excluding carboxylic acids is 2. The molecule has 0 radical (unpaired) electrons. The zero-order chi connectivity index (χ0) is 16.2. The van der Waals surface area contributed by atoms with Gasteiger partial charge in [0.05, 0.1) is 5.69 Å². The lowest BCUT2D eigenvalue weighted by Crippen LogP contribution is -2.46. The molecule has 1 aromatic carbocycles. The Bertz CT molecular complexity index is 590. The number of benzene rings is 1. The third-order valence-corrected chi connectivity index (χ3v) is 4.34. The van der Waals surface area contributed by atoms with Crippen LogP contribution >= 0.6 is 12.4 Å². The van der Waals surface area contributed by atoms with Gasteiger partial charge in [0.2, 0.25) is 5.91 Å². The molecule has 2 heterocycles. The Morgan fingerprint density at radius 1 is 1.42 bits per heavy atom. The minimum Gasteiger partial charge on any atom is -0.479 e. The van der Waals surface area contributed by atoms with Crippen LogP contribution in [0.5, 0.6) is 5.75 Å². The first kappa shape index (κ1) is 18.5. The summed E-state index contributed by atoms with van der Waals surface area (Å²) in [5, 5.41) is 6.29. The molecule has 0 bridgehead atoms. The topological polar surface area (TPSA) is 70.7 Å². The first-order valence-corrected chi connectivity index (χ1v) is 8.22. The molecule has 1 aromatic rings. The molecule has 0 saturated carbocycles. The van der Waals surface area contributed by atoms with Crippen LogP contribution in [0.15, 0.2) is 24.3 Å². The lowest BCUT2D eigenvalue weighted by molar-refractivity contribution is -0.125. The maximum atomic E-state index is 12.3. The van der Waals surface area contributed by atoms with E-state index in [1.165, 1.54) is 0 Å². The van der Waals surface area contributed by atoms with E-state index in [-0.39, 0.29) is 24.2 Å². The van der Waals surface area contributed by atoms with Gasteiger partial charge in [-0.1, -0.05) is 12.1 Å². The molecule has 0 aliphatic carbocycles. The van der Waals surface area contributed by atoms with Gasteiger partial charge in [-0.05, 0) is 38.4 Å². The maximum Gasteiger partial charge on any atom is 0.267 e. The highest BCUT2D eigenvalue weighted by Gasteiger charge is 2.31. The standard InChI is InChI=1S/C17H23N3O3.ClH/c1-12-17(22)20(14-6-2-3-7-15(14)23-12)10-8-16(21)19-11-13-5-4-9-18-13;/h2-3,6-7,12-13,18H,4-5,8-11H2,1H3,(H,19,21);1H. The summed E-state index contributed by atoms with van der Waals surface area (Å²) >= 11 is 0. The van der Waals surface area contributed by atoms with Crippen LogP contribution in [0.3, 0.4) is 0 Å². The summed E-state index contributed by atoms with van der Waals surface area (Å²) < 4.78 is 5.60. The molecule has 132 valence electrons. The molecule has 2 unspecified atom stereocenters. The average Bonchev–Trinajstić information content (AvgIpc) is 3.07. The zero-order valence-corrected chi connectivity index (χ0v) is 14.6. The average molecular weight is 354 g/mol. The highest BCUT2D eigenvalue weighted by atomic mass is 35.5. The minimum absolute atomic E-state index is 0. The molecule has 2 N–H and O–H groups in total. The summed E-state index contributed by atoms with van der Waals surface area (Å²) in [5.74, 6) is 0.562. The second-order valence-electron chi connectivity index (χ2n) is 6.07. The number of para-hydroxylation sites is 2. The molecule has 1 saturated heterocycles. The third kappa shape index (κ3) is 4.19. The second kappa shape index (κ2) is 8.35. The largest absolute Gasteiger partial charge is 0.479 e. The quantitative estimate of drug-likeness (QED) is 0.841. The van der Waals surface area contributed by atoms with E-state index in [9.17, 15) is 9.59 Å². The van der Waals surface area contributed by atoms with Crippen LogP contribution in [-0.2, 0) is 9.59 Å². The summed E-state index contributed by atoms with van der Waals surface area (Å²) in [6, 6.07) is 7.81. The van der Waals surface area contributed by atoms with Crippen molar-refractivity contribution in [1.82, 2.24) is 10.6 Å². The van der Waals surface area contributed by atoms with E-state index < -0.39 is 6.10 Å². The van der Waals surface area contributed by atoms with Crippen molar-refractivity contribution in [3.05, 3.63) is 24.3 Å². The Balaban J connectivity index is 0.00000208. The molecule has 6 nitrogen and oxygen atoms in total. The van der Waals surface area contributed by atoms with Crippen molar-refractivity contribution in [1.29, 1.82) is 0 Å². The Morgan fingerprint density at radius 2 is 2.21 bits per heavy atom. The van der Waals surface area contributed by atoms with Gasteiger partial charge in [0, 0.05) is 25.6 Å². The number of rotatable bonds is 5. The van der Waals surface area contributed by atoms with Crippen LogP contribution < -0.4 is 20.3 Å². The fourth-order valence-electron chi connectivity index (χ4n) is 3.06. The van der Waals surface area contributed by atoms with Crippen molar-refractivity contribution in [3.63, 3.8) is 0 Å². The number of carbonyl (C=O) groups is 2. The Labute approximate surface area is 148 Å². The van der Waals surface area contributed by atoms with Crippen molar-refractivity contribution in [2.75, 3.05) is 24.5 Å².